The van der Waals surface area contributed by atoms with Gasteiger partial charge in [0, 0.05) is 0 Å². The Balaban J connectivity index is -0.000000484. The van der Waals surface area contributed by atoms with Crippen LogP contribution in [0.4, 0.5) is 4.79 Å². The van der Waals surface area contributed by atoms with E-state index in [2.05, 4.69) is 0 Å². The fourth-order valence-corrected chi connectivity index (χ4v) is 2.52. The summed E-state index contributed by atoms with van der Waals surface area (Å²) in [6.07, 6.45) is -0.0470. The van der Waals surface area contributed by atoms with Gasteiger partial charge in [0.15, 0.2) is 0 Å². The number of amides is 2. The Hall–Kier alpha value is -0.00571. The topological polar surface area (TPSA) is 66.8 Å². The summed E-state index contributed by atoms with van der Waals surface area (Å²) in [5.74, 6) is -0.960. The van der Waals surface area contributed by atoms with Gasteiger partial charge in [-0.3, -0.25) is 4.79 Å². The zero-order valence-corrected chi connectivity index (χ0v) is 19.0. The van der Waals surface area contributed by atoms with Gasteiger partial charge in [0.2, 0.25) is 5.91 Å². The molecule has 2 rings (SSSR count). The van der Waals surface area contributed by atoms with Crippen LogP contribution in [0, 0.1) is 11.8 Å². The predicted octanol–water partition coefficient (Wildman–Crippen LogP) is -10.1. The van der Waals surface area contributed by atoms with Crippen LogP contribution in [-0.2, 0) is 37.7 Å². The van der Waals surface area contributed by atoms with Crippen molar-refractivity contribution < 1.29 is 90.8 Å². The summed E-state index contributed by atoms with van der Waals surface area (Å²) in [5.41, 5.74) is 1.05. The van der Waals surface area contributed by atoms with Crippen molar-refractivity contribution in [2.75, 3.05) is 13.2 Å². The van der Waals surface area contributed by atoms with Gasteiger partial charge in [0.05, 0.1) is 18.6 Å². The molecular formula is C16H21Cl4NO4Ti. The van der Waals surface area contributed by atoms with Crippen molar-refractivity contribution in [3.05, 3.63) is 35.9 Å². The first-order valence-corrected chi connectivity index (χ1v) is 7.19. The van der Waals surface area contributed by atoms with Gasteiger partial charge < -0.3 is 59.5 Å². The summed E-state index contributed by atoms with van der Waals surface area (Å²) in [6.45, 7) is 3.65. The second kappa shape index (κ2) is 16.0. The monoisotopic (exact) mass is 479 g/mol. The van der Waals surface area contributed by atoms with Crippen LogP contribution >= 0.6 is 0 Å². The number of hydrogen-bond acceptors (Lipinski definition) is 4. The molecule has 0 spiro atoms. The van der Waals surface area contributed by atoms with Crippen LogP contribution < -0.4 is 49.6 Å². The Labute approximate surface area is 194 Å². The molecule has 2 amide bonds. The van der Waals surface area contributed by atoms with Crippen LogP contribution in [0.1, 0.15) is 19.4 Å². The maximum absolute atomic E-state index is 12.5. The van der Waals surface area contributed by atoms with Crippen LogP contribution in [0.15, 0.2) is 30.3 Å². The first-order valence-electron chi connectivity index (χ1n) is 7.19. The van der Waals surface area contributed by atoms with Crippen molar-refractivity contribution >= 4 is 12.0 Å². The van der Waals surface area contributed by atoms with E-state index < -0.39 is 12.0 Å². The van der Waals surface area contributed by atoms with E-state index in [4.69, 9.17) is 4.74 Å². The summed E-state index contributed by atoms with van der Waals surface area (Å²) in [4.78, 5) is 25.5. The Morgan fingerprint density at radius 2 is 1.73 bits per heavy atom. The zero-order valence-electron chi connectivity index (χ0n) is 14.4. The van der Waals surface area contributed by atoms with Crippen LogP contribution in [0.3, 0.4) is 0 Å². The van der Waals surface area contributed by atoms with E-state index >= 15 is 0 Å². The molecule has 2 atom stereocenters. The Bertz CT molecular complexity index is 522. The molecule has 10 heteroatoms. The van der Waals surface area contributed by atoms with E-state index in [1.54, 1.807) is 0 Å². The minimum Gasteiger partial charge on any atom is -1.00 e. The molecule has 0 unspecified atom stereocenters. The Morgan fingerprint density at radius 1 is 1.19 bits per heavy atom. The molecule has 1 fully saturated rings. The fourth-order valence-electron chi connectivity index (χ4n) is 2.52. The third-order valence-electron chi connectivity index (χ3n) is 3.83. The smallest absolute Gasteiger partial charge is 1.00 e. The van der Waals surface area contributed by atoms with Crippen LogP contribution in [0.5, 0.6) is 0 Å². The van der Waals surface area contributed by atoms with E-state index in [-0.39, 0.29) is 102 Å². The minimum atomic E-state index is -0.611. The number of benzene rings is 1. The van der Waals surface area contributed by atoms with Crippen molar-refractivity contribution in [2.24, 2.45) is 11.8 Å². The Kier molecular flexibility index (Phi) is 20.7. The molecule has 1 N–H and O–H groups in total. The van der Waals surface area contributed by atoms with Gasteiger partial charge >= 0.3 is 27.8 Å². The van der Waals surface area contributed by atoms with Crippen molar-refractivity contribution in [1.29, 1.82) is 0 Å². The number of carbonyl (C=O) groups excluding carboxylic acids is 2. The third kappa shape index (κ3) is 8.34. The van der Waals surface area contributed by atoms with Gasteiger partial charge in [-0.1, -0.05) is 44.2 Å². The van der Waals surface area contributed by atoms with E-state index in [0.717, 1.165) is 5.56 Å². The summed E-state index contributed by atoms with van der Waals surface area (Å²) in [6, 6.07) is 9.37. The van der Waals surface area contributed by atoms with Gasteiger partial charge in [-0.05, 0) is 17.9 Å². The van der Waals surface area contributed by atoms with Crippen molar-refractivity contribution in [3.63, 3.8) is 0 Å². The standard InChI is InChI=1S/C16H21NO4.4ClH.Ti/c1-11(2)14(9-18)15(19)17-13(10-21-16(17)20)8-12-6-4-3-5-7-12;;;;;/h3-7,11,13-14,18H,8-10H2,1-2H3;4*1H;/q;;;;;+4/p-4/t13-,14+;;;;;/m1...../s1. The zero-order chi connectivity index (χ0) is 15.4. The number of rotatable bonds is 5. The number of imide groups is 1. The van der Waals surface area contributed by atoms with E-state index in [1.807, 2.05) is 44.2 Å². The Morgan fingerprint density at radius 3 is 2.19 bits per heavy atom. The number of ether oxygens (including phenoxy) is 1. The number of hydrogen-bond donors (Lipinski definition) is 1. The fraction of sp³-hybridized carbons (Fsp3) is 0.500. The summed E-state index contributed by atoms with van der Waals surface area (Å²) in [5, 5.41) is 9.39. The van der Waals surface area contributed by atoms with Crippen LogP contribution in [0.2, 0.25) is 0 Å². The van der Waals surface area contributed by atoms with E-state index in [1.165, 1.54) is 4.90 Å². The molecule has 1 aromatic carbocycles. The number of cyclic esters (lactones) is 1. The minimum absolute atomic E-state index is 0. The van der Waals surface area contributed by atoms with Crippen LogP contribution in [0.25, 0.3) is 0 Å². The first-order chi connectivity index (χ1) is 10.0. The average molecular weight is 481 g/mol. The second-order valence-electron chi connectivity index (χ2n) is 5.66. The van der Waals surface area contributed by atoms with Gasteiger partial charge in [-0.15, -0.1) is 0 Å². The molecule has 0 saturated carbocycles. The summed E-state index contributed by atoms with van der Waals surface area (Å²) < 4.78 is 5.03. The molecule has 26 heavy (non-hydrogen) atoms. The molecule has 0 bridgehead atoms. The SMILES string of the molecule is CC(C)[C@H](CO)C(=O)N1C(=O)OC[C@H]1Cc1ccccc1.[Cl-].[Cl-].[Cl-].[Cl-].[Ti+4]. The summed E-state index contributed by atoms with van der Waals surface area (Å²) in [7, 11) is 0. The molecule has 1 aromatic rings. The summed E-state index contributed by atoms with van der Waals surface area (Å²) >= 11 is 0. The normalized spacial score (nSPS) is 15.9. The maximum atomic E-state index is 12.5. The molecule has 1 aliphatic heterocycles. The van der Waals surface area contributed by atoms with Gasteiger partial charge in [0.25, 0.3) is 0 Å². The second-order valence-corrected chi connectivity index (χ2v) is 5.66. The molecule has 5 nitrogen and oxygen atoms in total. The third-order valence-corrected chi connectivity index (χ3v) is 3.83. The van der Waals surface area contributed by atoms with Crippen molar-refractivity contribution in [3.8, 4) is 0 Å². The van der Waals surface area contributed by atoms with Gasteiger partial charge in [0.1, 0.15) is 6.61 Å². The molecule has 0 radical (unpaired) electrons. The van der Waals surface area contributed by atoms with E-state index in [9.17, 15) is 14.7 Å². The molecule has 0 aliphatic carbocycles. The largest absolute Gasteiger partial charge is 4.00 e. The number of aliphatic hydroxyl groups excluding tert-OH is 1. The number of halogens is 4. The van der Waals surface area contributed by atoms with Gasteiger partial charge in [-0.2, -0.15) is 0 Å². The van der Waals surface area contributed by atoms with Crippen molar-refractivity contribution in [1.82, 2.24) is 4.90 Å². The first kappa shape index (κ1) is 33.6. The molecule has 1 aliphatic rings. The molecule has 1 heterocycles. The quantitative estimate of drug-likeness (QED) is 0.425. The predicted molar refractivity (Wildman–Crippen MR) is 77.5 cm³/mol. The molecule has 1 saturated heterocycles. The number of aliphatic hydroxyl groups is 1. The van der Waals surface area contributed by atoms with Gasteiger partial charge in [-0.25, -0.2) is 9.69 Å². The average Bonchev–Trinajstić information content (AvgIpc) is 2.81. The number of carbonyl (C=O) groups is 2. The molecule has 0 aromatic heterocycles. The molecular weight excluding hydrogens is 460 g/mol. The molecule has 146 valence electrons. The number of nitrogens with zero attached hydrogens (tertiary/aromatic N) is 1. The van der Waals surface area contributed by atoms with E-state index in [0.29, 0.717) is 6.42 Å². The van der Waals surface area contributed by atoms with Crippen LogP contribution in [-0.4, -0.2) is 41.3 Å². The van der Waals surface area contributed by atoms with Crippen molar-refractivity contribution in [2.45, 2.75) is 26.3 Å². The maximum Gasteiger partial charge on any atom is 4.00 e.